The van der Waals surface area contributed by atoms with E-state index in [0.717, 1.165) is 5.56 Å². The molecular weight excluding hydrogens is 371 g/mol. The van der Waals surface area contributed by atoms with Crippen LogP contribution in [-0.4, -0.2) is 31.5 Å². The van der Waals surface area contributed by atoms with Crippen LogP contribution in [0.25, 0.3) is 11.1 Å². The molecule has 6 heteroatoms. The maximum atomic E-state index is 14.9. The van der Waals surface area contributed by atoms with Crippen LogP contribution in [0.2, 0.25) is 0 Å². The van der Waals surface area contributed by atoms with E-state index >= 15 is 0 Å². The SMILES string of the molecule is CNC(=O)[C@@H]1CN(C(=O)c2ccc(-c3ccccc3)cc2F)c2ccccc2O1. The van der Waals surface area contributed by atoms with Gasteiger partial charge >= 0.3 is 0 Å². The number of hydrogen-bond donors (Lipinski definition) is 1. The molecule has 0 aromatic heterocycles. The fraction of sp³-hybridized carbons (Fsp3) is 0.130. The molecule has 2 amide bonds. The predicted molar refractivity (Wildman–Crippen MR) is 108 cm³/mol. The second kappa shape index (κ2) is 7.75. The van der Waals surface area contributed by atoms with Gasteiger partial charge in [-0.25, -0.2) is 4.39 Å². The fourth-order valence-electron chi connectivity index (χ4n) is 3.37. The van der Waals surface area contributed by atoms with Gasteiger partial charge in [-0.05, 0) is 35.4 Å². The Kier molecular flexibility index (Phi) is 4.99. The number of anilines is 1. The van der Waals surface area contributed by atoms with Crippen molar-refractivity contribution in [2.75, 3.05) is 18.5 Å². The highest BCUT2D eigenvalue weighted by Crippen LogP contribution is 2.34. The molecular formula is C23H19FN2O3. The summed E-state index contributed by atoms with van der Waals surface area (Å²) in [5.41, 5.74) is 1.99. The Hall–Kier alpha value is -3.67. The van der Waals surface area contributed by atoms with Crippen molar-refractivity contribution in [3.63, 3.8) is 0 Å². The molecule has 4 rings (SSSR count). The molecule has 146 valence electrons. The van der Waals surface area contributed by atoms with E-state index < -0.39 is 17.8 Å². The Balaban J connectivity index is 1.69. The molecule has 0 bridgehead atoms. The van der Waals surface area contributed by atoms with E-state index in [1.807, 2.05) is 30.3 Å². The van der Waals surface area contributed by atoms with Crippen molar-refractivity contribution in [1.82, 2.24) is 5.32 Å². The first-order chi connectivity index (χ1) is 14.1. The van der Waals surface area contributed by atoms with Crippen molar-refractivity contribution >= 4 is 17.5 Å². The largest absolute Gasteiger partial charge is 0.477 e. The van der Waals surface area contributed by atoms with Crippen LogP contribution in [-0.2, 0) is 4.79 Å². The molecule has 3 aromatic rings. The summed E-state index contributed by atoms with van der Waals surface area (Å²) in [5.74, 6) is -1.08. The van der Waals surface area contributed by atoms with Gasteiger partial charge in [0.05, 0.1) is 17.8 Å². The zero-order valence-corrected chi connectivity index (χ0v) is 15.8. The molecule has 5 nitrogen and oxygen atoms in total. The quantitative estimate of drug-likeness (QED) is 0.743. The van der Waals surface area contributed by atoms with Crippen LogP contribution in [0.3, 0.4) is 0 Å². The normalized spacial score (nSPS) is 15.2. The van der Waals surface area contributed by atoms with Crippen molar-refractivity contribution in [2.45, 2.75) is 6.10 Å². The summed E-state index contributed by atoms with van der Waals surface area (Å²) >= 11 is 0. The highest BCUT2D eigenvalue weighted by molar-refractivity contribution is 6.08. The monoisotopic (exact) mass is 390 g/mol. The summed E-state index contributed by atoms with van der Waals surface area (Å²) in [7, 11) is 1.50. The van der Waals surface area contributed by atoms with Crippen molar-refractivity contribution in [3.8, 4) is 16.9 Å². The van der Waals surface area contributed by atoms with E-state index in [-0.39, 0.29) is 18.0 Å². The van der Waals surface area contributed by atoms with Gasteiger partial charge in [0.2, 0.25) is 0 Å². The molecule has 0 saturated heterocycles. The van der Waals surface area contributed by atoms with Gasteiger partial charge < -0.3 is 15.0 Å². The number of nitrogens with one attached hydrogen (secondary N) is 1. The van der Waals surface area contributed by atoms with E-state index in [0.29, 0.717) is 17.0 Å². The summed E-state index contributed by atoms with van der Waals surface area (Å²) in [6, 6.07) is 20.8. The van der Waals surface area contributed by atoms with Gasteiger partial charge in [-0.15, -0.1) is 0 Å². The van der Waals surface area contributed by atoms with E-state index in [1.165, 1.54) is 24.1 Å². The Morgan fingerprint density at radius 3 is 2.45 bits per heavy atom. The van der Waals surface area contributed by atoms with Gasteiger partial charge in [-0.3, -0.25) is 9.59 Å². The zero-order valence-electron chi connectivity index (χ0n) is 15.8. The molecule has 1 aliphatic rings. The highest BCUT2D eigenvalue weighted by Gasteiger charge is 2.34. The summed E-state index contributed by atoms with van der Waals surface area (Å²) in [6.45, 7) is -0.00457. The number of rotatable bonds is 3. The molecule has 1 N–H and O–H groups in total. The van der Waals surface area contributed by atoms with Crippen LogP contribution < -0.4 is 15.0 Å². The number of ether oxygens (including phenoxy) is 1. The molecule has 0 spiro atoms. The van der Waals surface area contributed by atoms with Crippen molar-refractivity contribution in [1.29, 1.82) is 0 Å². The molecule has 1 atom stereocenters. The Bertz CT molecular complexity index is 1070. The van der Waals surface area contributed by atoms with Gasteiger partial charge in [-0.2, -0.15) is 0 Å². The van der Waals surface area contributed by atoms with Crippen LogP contribution >= 0.6 is 0 Å². The molecule has 0 aliphatic carbocycles. The van der Waals surface area contributed by atoms with Crippen LogP contribution in [0.4, 0.5) is 10.1 Å². The number of carbonyl (C=O) groups is 2. The molecule has 3 aromatic carbocycles. The van der Waals surface area contributed by atoms with Gasteiger partial charge in [0, 0.05) is 7.05 Å². The number of carbonyl (C=O) groups excluding carboxylic acids is 2. The van der Waals surface area contributed by atoms with Crippen LogP contribution in [0.1, 0.15) is 10.4 Å². The van der Waals surface area contributed by atoms with Crippen LogP contribution in [0.5, 0.6) is 5.75 Å². The number of benzene rings is 3. The number of halogens is 1. The first-order valence-corrected chi connectivity index (χ1v) is 9.22. The topological polar surface area (TPSA) is 58.6 Å². The third-order valence-corrected chi connectivity index (χ3v) is 4.86. The summed E-state index contributed by atoms with van der Waals surface area (Å²) in [4.78, 5) is 26.7. The predicted octanol–water partition coefficient (Wildman–Crippen LogP) is 3.65. The van der Waals surface area contributed by atoms with Crippen LogP contribution in [0.15, 0.2) is 72.8 Å². The minimum absolute atomic E-state index is 0.00457. The van der Waals surface area contributed by atoms with Crippen molar-refractivity contribution in [2.24, 2.45) is 0 Å². The number of fused-ring (bicyclic) bond motifs is 1. The van der Waals surface area contributed by atoms with Gasteiger partial charge in [0.25, 0.3) is 11.8 Å². The number of likely N-dealkylation sites (N-methyl/N-ethyl adjacent to an activating group) is 1. The van der Waals surface area contributed by atoms with Gasteiger partial charge in [0.15, 0.2) is 6.10 Å². The number of amides is 2. The lowest BCUT2D eigenvalue weighted by Gasteiger charge is -2.34. The number of para-hydroxylation sites is 2. The second-order valence-corrected chi connectivity index (χ2v) is 6.66. The smallest absolute Gasteiger partial charge is 0.262 e. The summed E-state index contributed by atoms with van der Waals surface area (Å²) in [6.07, 6.45) is -0.870. The summed E-state index contributed by atoms with van der Waals surface area (Å²) in [5, 5.41) is 2.53. The number of nitrogens with zero attached hydrogens (tertiary/aromatic N) is 1. The third kappa shape index (κ3) is 3.57. The molecule has 0 saturated carbocycles. The number of hydrogen-bond acceptors (Lipinski definition) is 3. The Morgan fingerprint density at radius 2 is 1.72 bits per heavy atom. The Morgan fingerprint density at radius 1 is 1.00 bits per heavy atom. The van der Waals surface area contributed by atoms with E-state index in [1.54, 1.807) is 30.3 Å². The fourth-order valence-corrected chi connectivity index (χ4v) is 3.37. The maximum absolute atomic E-state index is 14.9. The van der Waals surface area contributed by atoms with Gasteiger partial charge in [-0.1, -0.05) is 48.5 Å². The lowest BCUT2D eigenvalue weighted by Crippen LogP contribution is -2.50. The van der Waals surface area contributed by atoms with Crippen molar-refractivity contribution < 1.29 is 18.7 Å². The molecule has 29 heavy (non-hydrogen) atoms. The average molecular weight is 390 g/mol. The van der Waals surface area contributed by atoms with E-state index in [4.69, 9.17) is 4.74 Å². The lowest BCUT2D eigenvalue weighted by atomic mass is 10.0. The first kappa shape index (κ1) is 18.7. The minimum atomic E-state index is -0.870. The van der Waals surface area contributed by atoms with Crippen LogP contribution in [0, 0.1) is 5.82 Å². The maximum Gasteiger partial charge on any atom is 0.262 e. The van der Waals surface area contributed by atoms with Gasteiger partial charge in [0.1, 0.15) is 11.6 Å². The minimum Gasteiger partial charge on any atom is -0.477 e. The van der Waals surface area contributed by atoms with Crippen molar-refractivity contribution in [3.05, 3.63) is 84.2 Å². The second-order valence-electron chi connectivity index (χ2n) is 6.66. The lowest BCUT2D eigenvalue weighted by molar-refractivity contribution is -0.127. The van der Waals surface area contributed by atoms with E-state index in [2.05, 4.69) is 5.32 Å². The zero-order chi connectivity index (χ0) is 20.4. The summed E-state index contributed by atoms with van der Waals surface area (Å²) < 4.78 is 20.6. The average Bonchev–Trinajstić information content (AvgIpc) is 2.77. The molecule has 0 fully saturated rings. The highest BCUT2D eigenvalue weighted by atomic mass is 19.1. The standard InChI is InChI=1S/C23H19FN2O3/c1-25-22(27)21-14-26(19-9-5-6-10-20(19)29-21)23(28)17-12-11-16(13-18(17)24)15-7-3-2-4-8-15/h2-13,21H,14H2,1H3,(H,25,27)/t21-/m0/s1. The van der Waals surface area contributed by atoms with E-state index in [9.17, 15) is 14.0 Å². The molecule has 1 heterocycles. The third-order valence-electron chi connectivity index (χ3n) is 4.86. The molecule has 0 unspecified atom stereocenters. The molecule has 1 aliphatic heterocycles. The molecule has 0 radical (unpaired) electrons. The Labute approximate surface area is 167 Å². The first-order valence-electron chi connectivity index (χ1n) is 9.22.